The number of nitrogens with one attached hydrogen (secondary N) is 1. The van der Waals surface area contributed by atoms with Crippen molar-refractivity contribution in [1.82, 2.24) is 4.98 Å². The predicted octanol–water partition coefficient (Wildman–Crippen LogP) is 1.74. The van der Waals surface area contributed by atoms with Crippen molar-refractivity contribution in [1.29, 1.82) is 0 Å². The second-order valence-electron chi connectivity index (χ2n) is 4.34. The van der Waals surface area contributed by atoms with Crippen molar-refractivity contribution in [2.45, 2.75) is 32.3 Å². The first-order chi connectivity index (χ1) is 7.94. The van der Waals surface area contributed by atoms with Gasteiger partial charge in [0.25, 0.3) is 0 Å². The smallest absolute Gasteiger partial charge is 0.354 e. The van der Waals surface area contributed by atoms with Crippen molar-refractivity contribution in [3.63, 3.8) is 0 Å². The molecular formula is C12H18N2O3. The lowest BCUT2D eigenvalue weighted by molar-refractivity contribution is 0.0636. The SMILES string of the molecule is CCCC(C)(O)CNc1ccnc(C(=O)O)c1. The van der Waals surface area contributed by atoms with Gasteiger partial charge in [0.2, 0.25) is 0 Å². The topological polar surface area (TPSA) is 82.5 Å². The zero-order chi connectivity index (χ0) is 12.9. The molecule has 0 aromatic carbocycles. The van der Waals surface area contributed by atoms with Crippen LogP contribution in [0.15, 0.2) is 18.3 Å². The highest BCUT2D eigenvalue weighted by Crippen LogP contribution is 2.14. The highest BCUT2D eigenvalue weighted by Gasteiger charge is 2.18. The van der Waals surface area contributed by atoms with Gasteiger partial charge >= 0.3 is 5.97 Å². The third-order valence-electron chi connectivity index (χ3n) is 2.44. The summed E-state index contributed by atoms with van der Waals surface area (Å²) in [7, 11) is 0. The zero-order valence-electron chi connectivity index (χ0n) is 10.1. The average molecular weight is 238 g/mol. The molecule has 0 saturated carbocycles. The molecule has 1 heterocycles. The number of carboxylic acid groups (broad SMARTS) is 1. The molecule has 0 aliphatic heterocycles. The van der Waals surface area contributed by atoms with E-state index >= 15 is 0 Å². The summed E-state index contributed by atoms with van der Waals surface area (Å²) in [5, 5.41) is 21.8. The third-order valence-corrected chi connectivity index (χ3v) is 2.44. The molecule has 3 N–H and O–H groups in total. The number of pyridine rings is 1. The minimum absolute atomic E-state index is 0.00913. The van der Waals surface area contributed by atoms with Crippen molar-refractivity contribution < 1.29 is 15.0 Å². The van der Waals surface area contributed by atoms with Crippen LogP contribution < -0.4 is 5.32 Å². The van der Waals surface area contributed by atoms with Gasteiger partial charge < -0.3 is 15.5 Å². The summed E-state index contributed by atoms with van der Waals surface area (Å²) < 4.78 is 0. The van der Waals surface area contributed by atoms with Crippen molar-refractivity contribution in [3.05, 3.63) is 24.0 Å². The van der Waals surface area contributed by atoms with Gasteiger partial charge in [0.05, 0.1) is 5.60 Å². The highest BCUT2D eigenvalue weighted by atomic mass is 16.4. The monoisotopic (exact) mass is 238 g/mol. The maximum absolute atomic E-state index is 10.7. The molecule has 0 spiro atoms. The molecule has 17 heavy (non-hydrogen) atoms. The number of nitrogens with zero attached hydrogens (tertiary/aromatic N) is 1. The zero-order valence-corrected chi connectivity index (χ0v) is 10.1. The van der Waals surface area contributed by atoms with Crippen molar-refractivity contribution >= 4 is 11.7 Å². The first-order valence-electron chi connectivity index (χ1n) is 5.60. The maximum atomic E-state index is 10.7. The van der Waals surface area contributed by atoms with Gasteiger partial charge in [-0.1, -0.05) is 13.3 Å². The normalized spacial score (nSPS) is 14.1. The lowest BCUT2D eigenvalue weighted by Gasteiger charge is -2.23. The Labute approximate surface area is 101 Å². The number of aromatic carboxylic acids is 1. The number of rotatable bonds is 6. The molecule has 0 radical (unpaired) electrons. The van der Waals surface area contributed by atoms with Gasteiger partial charge in [-0.2, -0.15) is 0 Å². The Balaban J connectivity index is 2.63. The molecular weight excluding hydrogens is 220 g/mol. The van der Waals surface area contributed by atoms with Gasteiger partial charge in [-0.15, -0.1) is 0 Å². The van der Waals surface area contributed by atoms with Crippen LogP contribution in [0.1, 0.15) is 37.2 Å². The first kappa shape index (κ1) is 13.4. The molecule has 1 atom stereocenters. The summed E-state index contributed by atoms with van der Waals surface area (Å²) in [4.78, 5) is 14.4. The number of hydrogen-bond acceptors (Lipinski definition) is 4. The summed E-state index contributed by atoms with van der Waals surface area (Å²) >= 11 is 0. The van der Waals surface area contributed by atoms with Crippen LogP contribution in [0.2, 0.25) is 0 Å². The molecule has 0 fully saturated rings. The molecule has 1 aromatic rings. The van der Waals surface area contributed by atoms with E-state index in [4.69, 9.17) is 5.11 Å². The van der Waals surface area contributed by atoms with E-state index in [0.717, 1.165) is 6.42 Å². The first-order valence-corrected chi connectivity index (χ1v) is 5.60. The van der Waals surface area contributed by atoms with Crippen molar-refractivity contribution in [2.24, 2.45) is 0 Å². The lowest BCUT2D eigenvalue weighted by atomic mass is 10.0. The number of hydrogen-bond donors (Lipinski definition) is 3. The summed E-state index contributed by atoms with van der Waals surface area (Å²) in [6.45, 7) is 4.14. The Morgan fingerprint density at radius 2 is 2.29 bits per heavy atom. The predicted molar refractivity (Wildman–Crippen MR) is 65.2 cm³/mol. The maximum Gasteiger partial charge on any atom is 0.354 e. The van der Waals surface area contributed by atoms with Crippen LogP contribution in [0.25, 0.3) is 0 Å². The minimum Gasteiger partial charge on any atom is -0.477 e. The summed E-state index contributed by atoms with van der Waals surface area (Å²) in [5.74, 6) is -1.06. The van der Waals surface area contributed by atoms with Gasteiger partial charge in [-0.25, -0.2) is 9.78 Å². The van der Waals surface area contributed by atoms with Gasteiger partial charge in [-0.3, -0.25) is 0 Å². The van der Waals surface area contributed by atoms with E-state index in [1.165, 1.54) is 12.3 Å². The molecule has 5 heteroatoms. The quantitative estimate of drug-likeness (QED) is 0.703. The second kappa shape index (κ2) is 5.63. The van der Waals surface area contributed by atoms with E-state index in [9.17, 15) is 9.90 Å². The van der Waals surface area contributed by atoms with Crippen LogP contribution >= 0.6 is 0 Å². The number of anilines is 1. The molecule has 1 rings (SSSR count). The Hall–Kier alpha value is -1.62. The van der Waals surface area contributed by atoms with E-state index in [1.807, 2.05) is 6.92 Å². The highest BCUT2D eigenvalue weighted by molar-refractivity contribution is 5.86. The lowest BCUT2D eigenvalue weighted by Crippen LogP contribution is -2.33. The van der Waals surface area contributed by atoms with E-state index in [1.54, 1.807) is 13.0 Å². The van der Waals surface area contributed by atoms with Crippen LogP contribution in [0, 0.1) is 0 Å². The Morgan fingerprint density at radius 1 is 1.59 bits per heavy atom. The fourth-order valence-corrected chi connectivity index (χ4v) is 1.58. The average Bonchev–Trinajstić information content (AvgIpc) is 2.27. The Kier molecular flexibility index (Phi) is 4.45. The van der Waals surface area contributed by atoms with Gasteiger partial charge in [-0.05, 0) is 25.5 Å². The van der Waals surface area contributed by atoms with Crippen LogP contribution in [-0.4, -0.2) is 33.3 Å². The van der Waals surface area contributed by atoms with Crippen LogP contribution in [0.5, 0.6) is 0 Å². The third kappa shape index (κ3) is 4.40. The van der Waals surface area contributed by atoms with Crippen LogP contribution in [0.4, 0.5) is 5.69 Å². The minimum atomic E-state index is -1.06. The van der Waals surface area contributed by atoms with E-state index in [2.05, 4.69) is 10.3 Å². The molecule has 5 nitrogen and oxygen atoms in total. The summed E-state index contributed by atoms with van der Waals surface area (Å²) in [5.41, 5.74) is -0.152. The number of carbonyl (C=O) groups is 1. The summed E-state index contributed by atoms with van der Waals surface area (Å²) in [6, 6.07) is 3.12. The Bertz CT molecular complexity index is 391. The van der Waals surface area contributed by atoms with E-state index in [-0.39, 0.29) is 5.69 Å². The number of carboxylic acids is 1. The summed E-state index contributed by atoms with van der Waals surface area (Å²) in [6.07, 6.45) is 3.02. The van der Waals surface area contributed by atoms with E-state index in [0.29, 0.717) is 18.7 Å². The van der Waals surface area contributed by atoms with Gasteiger partial charge in [0.1, 0.15) is 5.69 Å². The number of aromatic nitrogens is 1. The molecule has 0 amide bonds. The Morgan fingerprint density at radius 3 is 2.88 bits per heavy atom. The molecule has 1 aromatic heterocycles. The van der Waals surface area contributed by atoms with Crippen molar-refractivity contribution in [3.8, 4) is 0 Å². The molecule has 0 aliphatic carbocycles. The van der Waals surface area contributed by atoms with Crippen LogP contribution in [-0.2, 0) is 0 Å². The molecule has 0 bridgehead atoms. The molecule has 0 saturated heterocycles. The van der Waals surface area contributed by atoms with Gasteiger partial charge in [0, 0.05) is 18.4 Å². The fourth-order valence-electron chi connectivity index (χ4n) is 1.58. The van der Waals surface area contributed by atoms with Gasteiger partial charge in [0.15, 0.2) is 0 Å². The molecule has 1 unspecified atom stereocenters. The second-order valence-corrected chi connectivity index (χ2v) is 4.34. The van der Waals surface area contributed by atoms with E-state index < -0.39 is 11.6 Å². The largest absolute Gasteiger partial charge is 0.477 e. The van der Waals surface area contributed by atoms with Crippen molar-refractivity contribution in [2.75, 3.05) is 11.9 Å². The number of aliphatic hydroxyl groups is 1. The fraction of sp³-hybridized carbons (Fsp3) is 0.500. The molecule has 94 valence electrons. The van der Waals surface area contributed by atoms with Crippen LogP contribution in [0.3, 0.4) is 0 Å². The standard InChI is InChI=1S/C12H18N2O3/c1-3-5-12(2,17)8-14-9-4-6-13-10(7-9)11(15)16/h4,6-7,17H,3,5,8H2,1-2H3,(H,13,14)(H,15,16). The molecule has 0 aliphatic rings.